The molecular weight excluding hydrogens is 219 g/mol. The van der Waals surface area contributed by atoms with Gasteiger partial charge in [0.05, 0.1) is 0 Å². The lowest BCUT2D eigenvalue weighted by atomic mass is 10.1. The highest BCUT2D eigenvalue weighted by Crippen LogP contribution is 2.29. The quantitative estimate of drug-likeness (QED) is 0.753. The van der Waals surface area contributed by atoms with Crippen molar-refractivity contribution in [3.63, 3.8) is 0 Å². The second-order valence-corrected chi connectivity index (χ2v) is 2.71. The summed E-state index contributed by atoms with van der Waals surface area (Å²) in [7, 11) is 0. The maximum absolute atomic E-state index is 12.2. The number of hydrogen-bond acceptors (Lipinski definition) is 5. The highest BCUT2D eigenvalue weighted by Gasteiger charge is 2.39. The molecule has 0 radical (unpaired) electrons. The first-order chi connectivity index (χ1) is 6.82. The molecule has 1 unspecified atom stereocenters. The van der Waals surface area contributed by atoms with Crippen molar-refractivity contribution in [2.75, 3.05) is 0 Å². The van der Waals surface area contributed by atoms with E-state index in [0.29, 0.717) is 0 Å². The molecule has 0 amide bonds. The van der Waals surface area contributed by atoms with Crippen molar-refractivity contribution in [1.82, 2.24) is 10.3 Å². The second kappa shape index (κ2) is 3.85. The SMILES string of the molecule is NC(Cc1nonc1C(F)(F)F)C(=O)O. The largest absolute Gasteiger partial charge is 0.480 e. The molecule has 0 aliphatic rings. The number of aliphatic carboxylic acids is 1. The Balaban J connectivity index is 2.87. The van der Waals surface area contributed by atoms with Gasteiger partial charge in [-0.05, 0) is 5.16 Å². The van der Waals surface area contributed by atoms with Gasteiger partial charge in [0.25, 0.3) is 0 Å². The van der Waals surface area contributed by atoms with Crippen molar-refractivity contribution in [2.24, 2.45) is 5.73 Å². The van der Waals surface area contributed by atoms with Crippen LogP contribution >= 0.6 is 0 Å². The van der Waals surface area contributed by atoms with Gasteiger partial charge in [0, 0.05) is 6.42 Å². The zero-order valence-electron chi connectivity index (χ0n) is 7.15. The minimum absolute atomic E-state index is 0.590. The molecule has 1 atom stereocenters. The van der Waals surface area contributed by atoms with Crippen molar-refractivity contribution in [3.05, 3.63) is 11.4 Å². The van der Waals surface area contributed by atoms with E-state index in [4.69, 9.17) is 10.8 Å². The average Bonchev–Trinajstić information content (AvgIpc) is 2.50. The molecule has 1 aromatic rings. The molecule has 0 bridgehead atoms. The van der Waals surface area contributed by atoms with Crippen molar-refractivity contribution >= 4 is 5.97 Å². The molecule has 1 aromatic heterocycles. The van der Waals surface area contributed by atoms with E-state index in [1.165, 1.54) is 0 Å². The average molecular weight is 225 g/mol. The third-order valence-electron chi connectivity index (χ3n) is 1.56. The van der Waals surface area contributed by atoms with Crippen LogP contribution in [-0.2, 0) is 17.4 Å². The highest BCUT2D eigenvalue weighted by molar-refractivity contribution is 5.73. The molecule has 0 aromatic carbocycles. The van der Waals surface area contributed by atoms with Gasteiger partial charge < -0.3 is 10.8 Å². The fourth-order valence-electron chi connectivity index (χ4n) is 0.851. The van der Waals surface area contributed by atoms with Crippen LogP contribution < -0.4 is 5.73 Å². The topological polar surface area (TPSA) is 102 Å². The summed E-state index contributed by atoms with van der Waals surface area (Å²) in [5.74, 6) is -1.42. The Labute approximate surface area is 80.8 Å². The van der Waals surface area contributed by atoms with Gasteiger partial charge in [-0.25, -0.2) is 4.63 Å². The third kappa shape index (κ3) is 2.65. The fourth-order valence-corrected chi connectivity index (χ4v) is 0.851. The van der Waals surface area contributed by atoms with E-state index >= 15 is 0 Å². The van der Waals surface area contributed by atoms with Crippen molar-refractivity contribution in [1.29, 1.82) is 0 Å². The van der Waals surface area contributed by atoms with E-state index in [1.807, 2.05) is 0 Å². The number of rotatable bonds is 3. The van der Waals surface area contributed by atoms with Crippen molar-refractivity contribution < 1.29 is 27.7 Å². The number of hydrogen-bond donors (Lipinski definition) is 2. The molecule has 1 heterocycles. The fraction of sp³-hybridized carbons (Fsp3) is 0.500. The predicted molar refractivity (Wildman–Crippen MR) is 38.6 cm³/mol. The van der Waals surface area contributed by atoms with Crippen molar-refractivity contribution in [3.8, 4) is 0 Å². The predicted octanol–water partition coefficient (Wildman–Crippen LogP) is 0.0428. The van der Waals surface area contributed by atoms with Gasteiger partial charge in [0.15, 0.2) is 0 Å². The van der Waals surface area contributed by atoms with Crippen LogP contribution in [0.4, 0.5) is 13.2 Å². The van der Waals surface area contributed by atoms with Gasteiger partial charge in [0.2, 0.25) is 5.69 Å². The first kappa shape index (κ1) is 11.4. The Hall–Kier alpha value is -1.64. The highest BCUT2D eigenvalue weighted by atomic mass is 19.4. The Morgan fingerprint density at radius 3 is 2.60 bits per heavy atom. The normalized spacial score (nSPS) is 13.9. The molecule has 3 N–H and O–H groups in total. The maximum atomic E-state index is 12.2. The molecule has 0 spiro atoms. The monoisotopic (exact) mass is 225 g/mol. The maximum Gasteiger partial charge on any atom is 0.438 e. The molecule has 9 heteroatoms. The summed E-state index contributed by atoms with van der Waals surface area (Å²) in [6.45, 7) is 0. The number of nitrogens with two attached hydrogens (primary N) is 1. The van der Waals surface area contributed by atoms with Crippen molar-refractivity contribution in [2.45, 2.75) is 18.6 Å². The third-order valence-corrected chi connectivity index (χ3v) is 1.56. The number of nitrogens with zero attached hydrogens (tertiary/aromatic N) is 2. The number of halogens is 3. The number of aromatic nitrogens is 2. The van der Waals surface area contributed by atoms with Crippen LogP contribution in [-0.4, -0.2) is 27.4 Å². The van der Waals surface area contributed by atoms with Gasteiger partial charge in [-0.1, -0.05) is 5.16 Å². The van der Waals surface area contributed by atoms with E-state index in [2.05, 4.69) is 14.9 Å². The Morgan fingerprint density at radius 2 is 2.13 bits per heavy atom. The van der Waals surface area contributed by atoms with Gasteiger partial charge in [-0.3, -0.25) is 4.79 Å². The molecule has 15 heavy (non-hydrogen) atoms. The minimum atomic E-state index is -4.73. The zero-order valence-corrected chi connectivity index (χ0v) is 7.15. The van der Waals surface area contributed by atoms with Crippen LogP contribution in [0.5, 0.6) is 0 Å². The van der Waals surface area contributed by atoms with Crippen LogP contribution in [0.1, 0.15) is 11.4 Å². The van der Waals surface area contributed by atoms with E-state index in [0.717, 1.165) is 0 Å². The Bertz CT molecular complexity index is 362. The lowest BCUT2D eigenvalue weighted by Crippen LogP contribution is -2.33. The standard InChI is InChI=1S/C6H6F3N3O3/c7-6(8,9)4-3(11-15-12-4)1-2(10)5(13)14/h2H,1,10H2,(H,13,14). The molecule has 0 aliphatic heterocycles. The van der Waals surface area contributed by atoms with Crippen LogP contribution in [0.3, 0.4) is 0 Å². The van der Waals surface area contributed by atoms with Crippen LogP contribution in [0.25, 0.3) is 0 Å². The molecule has 6 nitrogen and oxygen atoms in total. The molecule has 0 saturated heterocycles. The lowest BCUT2D eigenvalue weighted by molar-refractivity contribution is -0.144. The molecular formula is C6H6F3N3O3. The van der Waals surface area contributed by atoms with Crippen LogP contribution in [0, 0.1) is 0 Å². The molecule has 84 valence electrons. The van der Waals surface area contributed by atoms with Gasteiger partial charge >= 0.3 is 12.1 Å². The van der Waals surface area contributed by atoms with E-state index in [-0.39, 0.29) is 0 Å². The number of carbonyl (C=O) groups is 1. The summed E-state index contributed by atoms with van der Waals surface area (Å²) < 4.78 is 40.4. The molecule has 0 aliphatic carbocycles. The van der Waals surface area contributed by atoms with Gasteiger partial charge in [-0.15, -0.1) is 0 Å². The Kier molecular flexibility index (Phi) is 2.93. The van der Waals surface area contributed by atoms with Crippen LogP contribution in [0.15, 0.2) is 4.63 Å². The zero-order chi connectivity index (χ0) is 11.6. The van der Waals surface area contributed by atoms with E-state index < -0.39 is 36.0 Å². The summed E-state index contributed by atoms with van der Waals surface area (Å²) in [6, 6.07) is -1.47. The molecule has 0 saturated carbocycles. The summed E-state index contributed by atoms with van der Waals surface area (Å²) in [5.41, 5.74) is 3.08. The summed E-state index contributed by atoms with van der Waals surface area (Å²) in [5, 5.41) is 14.0. The van der Waals surface area contributed by atoms with Crippen LogP contribution in [0.2, 0.25) is 0 Å². The smallest absolute Gasteiger partial charge is 0.438 e. The number of carboxylic acids is 1. The number of carboxylic acid groups (broad SMARTS) is 1. The van der Waals surface area contributed by atoms with Gasteiger partial charge in [0.1, 0.15) is 11.7 Å². The lowest BCUT2D eigenvalue weighted by Gasteiger charge is -2.05. The first-order valence-electron chi connectivity index (χ1n) is 3.69. The first-order valence-corrected chi connectivity index (χ1v) is 3.69. The second-order valence-electron chi connectivity index (χ2n) is 2.71. The summed E-state index contributed by atoms with van der Waals surface area (Å²) in [6.07, 6.45) is -5.32. The van der Waals surface area contributed by atoms with Gasteiger partial charge in [-0.2, -0.15) is 13.2 Å². The van der Waals surface area contributed by atoms with E-state index in [9.17, 15) is 18.0 Å². The Morgan fingerprint density at radius 1 is 1.53 bits per heavy atom. The summed E-state index contributed by atoms with van der Waals surface area (Å²) >= 11 is 0. The minimum Gasteiger partial charge on any atom is -0.480 e. The van der Waals surface area contributed by atoms with E-state index in [1.54, 1.807) is 0 Å². The summed E-state index contributed by atoms with van der Waals surface area (Å²) in [4.78, 5) is 10.3. The molecule has 0 fully saturated rings. The number of alkyl halides is 3. The molecule has 1 rings (SSSR count).